The third-order valence-electron chi connectivity index (χ3n) is 19.4. The Bertz CT molecular complexity index is 2010. The molecule has 1 aliphatic carbocycles. The van der Waals surface area contributed by atoms with Gasteiger partial charge in [-0.3, -0.25) is 4.79 Å². The van der Waals surface area contributed by atoms with Crippen LogP contribution in [0.3, 0.4) is 0 Å². The smallest absolute Gasteiger partial charge is 0.306 e. The van der Waals surface area contributed by atoms with Gasteiger partial charge in [-0.15, -0.1) is 0 Å². The van der Waals surface area contributed by atoms with Gasteiger partial charge in [0.25, 0.3) is 0 Å². The van der Waals surface area contributed by atoms with Crippen LogP contribution in [0.25, 0.3) is 0 Å². The standard InChI is InChI=1S/C61H105BrN4O17/c1-10-42-38(3)55-54(62)56-39(4)43(57(66-56)44-34-47(67)53-40(5)45(63-58(44)53)35-51-61(70,11-2)60(6,69)50(65-51)36-46(42)64-55)12-13-52(68)83-37-41-32-48(80-29-26-77-23-20-74-17-14-71-7)59(82-31-28-79-25-22-76-19-16-73-9)49(33-41)81-30-27-78-24-21-75-18-15-72-8/h32-33,38-40,42-47,50-51,53-58,63-67,69-70H,10-31,34-37H2,1-9H3/t38?,39-,40?,42?,43-,44?,45?,46?,47?,50?,51?,53?,54?,55?,56?,57?,58?,60?,61?/m0/s1. The molecule has 1 saturated carbocycles. The number of carbonyl (C=O) groups excluding carboxylic acids is 1. The number of alkyl halides is 1. The first-order chi connectivity index (χ1) is 40.1. The highest BCUT2D eigenvalue weighted by Gasteiger charge is 2.64. The summed E-state index contributed by atoms with van der Waals surface area (Å²) in [6.45, 7) is 19.7. The van der Waals surface area contributed by atoms with Crippen molar-refractivity contribution in [1.29, 1.82) is 0 Å². The van der Waals surface area contributed by atoms with Gasteiger partial charge in [-0.2, -0.15) is 0 Å². The summed E-state index contributed by atoms with van der Waals surface area (Å²) in [6, 6.07) is 3.39. The lowest BCUT2D eigenvalue weighted by molar-refractivity contribution is -0.145. The number of hydrogen-bond acceptors (Lipinski definition) is 21. The quantitative estimate of drug-likeness (QED) is 0.0282. The minimum atomic E-state index is -1.34. The van der Waals surface area contributed by atoms with Gasteiger partial charge in [-0.1, -0.05) is 57.0 Å². The fraction of sp³-hybridized carbons (Fsp3) is 0.885. The Morgan fingerprint density at radius 2 is 1.07 bits per heavy atom. The molecule has 1 aromatic carbocycles. The van der Waals surface area contributed by atoms with Crippen LogP contribution in [0.2, 0.25) is 0 Å². The van der Waals surface area contributed by atoms with Crippen LogP contribution in [-0.4, -0.2) is 232 Å². The molecule has 0 radical (unpaired) electrons. The molecule has 1 aromatic rings. The summed E-state index contributed by atoms with van der Waals surface area (Å²) < 4.78 is 74.5. The van der Waals surface area contributed by atoms with Crippen molar-refractivity contribution < 1.29 is 81.7 Å². The highest BCUT2D eigenvalue weighted by molar-refractivity contribution is 9.09. The van der Waals surface area contributed by atoms with E-state index in [0.717, 1.165) is 6.42 Å². The average molecular weight is 1250 g/mol. The zero-order valence-corrected chi connectivity index (χ0v) is 52.9. The number of aliphatic hydroxyl groups is 3. The molecule has 22 heteroatoms. The molecular weight excluding hydrogens is 1140 g/mol. The third kappa shape index (κ3) is 17.4. The highest BCUT2D eigenvalue weighted by Crippen LogP contribution is 2.52. The SMILES string of the molecule is CCC1C2CC3NC(CC4NC5C(CC(O)C5C4C)C4NC(C(Br)C(N2)C1C)[C@@H](C)[C@@H]4CCC(=O)OCc1cc(OCCOCCOCCOC)c(OCCOCCOCCOC)c(OCCOCCOCCOC)c1)C(O)(CC)C3(C)O. The van der Waals surface area contributed by atoms with Crippen molar-refractivity contribution in [3.8, 4) is 17.2 Å². The van der Waals surface area contributed by atoms with Crippen LogP contribution in [0.15, 0.2) is 12.1 Å². The van der Waals surface area contributed by atoms with Gasteiger partial charge in [0, 0.05) is 86.8 Å². The predicted octanol–water partition coefficient (Wildman–Crippen LogP) is 4.04. The monoisotopic (exact) mass is 1240 g/mol. The van der Waals surface area contributed by atoms with Gasteiger partial charge >= 0.3 is 5.97 Å². The molecule has 0 aromatic heterocycles. The Labute approximate surface area is 503 Å². The van der Waals surface area contributed by atoms with Gasteiger partial charge in [0.15, 0.2) is 11.5 Å². The maximum Gasteiger partial charge on any atom is 0.306 e. The van der Waals surface area contributed by atoms with E-state index in [2.05, 4.69) is 64.9 Å². The average Bonchev–Trinajstić information content (AvgIpc) is 1.92. The Hall–Kier alpha value is -2.07. The molecule has 5 heterocycles. The van der Waals surface area contributed by atoms with Crippen molar-refractivity contribution in [3.63, 3.8) is 0 Å². The summed E-state index contributed by atoms with van der Waals surface area (Å²) in [6.07, 6.45) is 3.69. The first-order valence-corrected chi connectivity index (χ1v) is 32.0. The van der Waals surface area contributed by atoms with Gasteiger partial charge in [0.2, 0.25) is 5.75 Å². The molecule has 0 amide bonds. The van der Waals surface area contributed by atoms with Crippen LogP contribution < -0.4 is 35.5 Å². The first kappa shape index (κ1) is 68.4. The van der Waals surface area contributed by atoms with Crippen molar-refractivity contribution in [2.45, 2.75) is 164 Å². The van der Waals surface area contributed by atoms with Gasteiger partial charge in [-0.05, 0) is 92.2 Å². The van der Waals surface area contributed by atoms with E-state index in [9.17, 15) is 20.1 Å². The summed E-state index contributed by atoms with van der Waals surface area (Å²) in [5, 5.41) is 53.0. The predicted molar refractivity (Wildman–Crippen MR) is 316 cm³/mol. The second-order valence-electron chi connectivity index (χ2n) is 24.1. The van der Waals surface area contributed by atoms with Crippen LogP contribution in [-0.2, 0) is 58.8 Å². The van der Waals surface area contributed by atoms with E-state index in [1.807, 2.05) is 26.0 Å². The molecule has 7 rings (SSSR count). The Balaban J connectivity index is 1.07. The molecule has 21 nitrogen and oxygen atoms in total. The van der Waals surface area contributed by atoms with Crippen molar-refractivity contribution in [2.75, 3.05) is 140 Å². The molecule has 0 spiro atoms. The molecule has 478 valence electrons. The molecule has 19 atom stereocenters. The fourth-order valence-corrected chi connectivity index (χ4v) is 16.1. The summed E-state index contributed by atoms with van der Waals surface area (Å²) in [5.74, 6) is 2.07. The molecule has 83 heavy (non-hydrogen) atoms. The Morgan fingerprint density at radius 3 is 1.60 bits per heavy atom. The maximum atomic E-state index is 14.2. The molecule has 6 fully saturated rings. The molecule has 17 unspecified atom stereocenters. The number of fused-ring (bicyclic) bond motifs is 8. The van der Waals surface area contributed by atoms with Gasteiger partial charge < -0.3 is 98.2 Å². The number of ether oxygens (including phenoxy) is 13. The Morgan fingerprint density at radius 1 is 0.590 bits per heavy atom. The normalized spacial score (nSPS) is 35.6. The van der Waals surface area contributed by atoms with Gasteiger partial charge in [-0.25, -0.2) is 0 Å². The lowest BCUT2D eigenvalue weighted by Gasteiger charge is -2.41. The van der Waals surface area contributed by atoms with Gasteiger partial charge in [0.05, 0.1) is 105 Å². The van der Waals surface area contributed by atoms with E-state index in [-0.39, 0.29) is 141 Å². The van der Waals surface area contributed by atoms with E-state index in [0.29, 0.717) is 146 Å². The molecule has 6 aliphatic rings. The van der Waals surface area contributed by atoms with Crippen molar-refractivity contribution in [2.24, 2.45) is 41.4 Å². The lowest BCUT2D eigenvalue weighted by atomic mass is 9.73. The zero-order chi connectivity index (χ0) is 59.5. The van der Waals surface area contributed by atoms with Crippen molar-refractivity contribution >= 4 is 21.9 Å². The number of esters is 1. The number of carbonyl (C=O) groups is 1. The largest absolute Gasteiger partial charge is 0.487 e. The molecule has 5 saturated heterocycles. The number of methoxy groups -OCH3 is 3. The maximum absolute atomic E-state index is 14.2. The number of nitrogens with one attached hydrogen (secondary N) is 4. The highest BCUT2D eigenvalue weighted by atomic mass is 79.9. The number of hydrogen-bond donors (Lipinski definition) is 7. The minimum absolute atomic E-state index is 0.0153. The van der Waals surface area contributed by atoms with Crippen molar-refractivity contribution in [3.05, 3.63) is 17.7 Å². The zero-order valence-electron chi connectivity index (χ0n) is 51.3. The minimum Gasteiger partial charge on any atom is -0.487 e. The van der Waals surface area contributed by atoms with E-state index in [1.54, 1.807) is 21.3 Å². The number of aliphatic hydroxyl groups excluding tert-OH is 1. The van der Waals surface area contributed by atoms with Gasteiger partial charge in [0.1, 0.15) is 37.6 Å². The Kier molecular flexibility index (Phi) is 28.1. The third-order valence-corrected chi connectivity index (χ3v) is 20.6. The number of rotatable bonds is 37. The van der Waals surface area contributed by atoms with E-state index in [1.165, 1.54) is 0 Å². The number of halogens is 1. The van der Waals surface area contributed by atoms with Crippen LogP contribution in [0, 0.1) is 41.4 Å². The second kappa shape index (κ2) is 34.1. The second-order valence-corrected chi connectivity index (χ2v) is 25.2. The van der Waals surface area contributed by atoms with Crippen LogP contribution in [0.4, 0.5) is 0 Å². The van der Waals surface area contributed by atoms with Crippen LogP contribution >= 0.6 is 15.9 Å². The van der Waals surface area contributed by atoms with E-state index in [4.69, 9.17) is 61.6 Å². The summed E-state index contributed by atoms with van der Waals surface area (Å²) in [7, 11) is 4.89. The number of benzene rings is 1. The molecule has 8 bridgehead atoms. The summed E-state index contributed by atoms with van der Waals surface area (Å²) in [5.41, 5.74) is -2.02. The topological polar surface area (TPSA) is 246 Å². The van der Waals surface area contributed by atoms with Crippen LogP contribution in [0.5, 0.6) is 17.2 Å². The molecule has 7 N–H and O–H groups in total. The molecule has 5 aliphatic heterocycles. The van der Waals surface area contributed by atoms with E-state index >= 15 is 0 Å². The first-order valence-electron chi connectivity index (χ1n) is 31.1. The summed E-state index contributed by atoms with van der Waals surface area (Å²) >= 11 is 4.31. The van der Waals surface area contributed by atoms with Crippen molar-refractivity contribution in [1.82, 2.24) is 21.3 Å². The van der Waals surface area contributed by atoms with E-state index < -0.39 is 17.3 Å². The molecular formula is C61H105BrN4O17. The summed E-state index contributed by atoms with van der Waals surface area (Å²) in [4.78, 5) is 14.3. The van der Waals surface area contributed by atoms with Crippen LogP contribution in [0.1, 0.15) is 92.1 Å². The lowest BCUT2D eigenvalue weighted by Crippen LogP contribution is -2.58. The fourth-order valence-electron chi connectivity index (χ4n) is 14.8.